The van der Waals surface area contributed by atoms with E-state index in [9.17, 15) is 4.79 Å². The molecule has 2 rings (SSSR count). The molecule has 0 N–H and O–H groups in total. The van der Waals surface area contributed by atoms with Crippen LogP contribution in [0.3, 0.4) is 0 Å². The second-order valence-corrected chi connectivity index (χ2v) is 5.51. The molecule has 4 nitrogen and oxygen atoms in total. The third-order valence-corrected chi connectivity index (χ3v) is 2.76. The second-order valence-electron chi connectivity index (χ2n) is 5.51. The maximum absolute atomic E-state index is 11.5. The number of carbonyl (C=O) groups is 1. The number of hydrogen-bond donors (Lipinski definition) is 0. The molecule has 0 aromatic rings. The number of rotatable bonds is 2. The predicted octanol–water partition coefficient (Wildman–Crippen LogP) is 0.803. The van der Waals surface area contributed by atoms with E-state index < -0.39 is 0 Å². The van der Waals surface area contributed by atoms with Crippen LogP contribution in [-0.2, 0) is 14.3 Å². The number of likely N-dealkylation sites (tertiary alicyclic amines) is 1. The normalized spacial score (nSPS) is 24.5. The van der Waals surface area contributed by atoms with Gasteiger partial charge >= 0.3 is 5.97 Å². The zero-order valence-corrected chi connectivity index (χ0v) is 9.71. The van der Waals surface area contributed by atoms with E-state index in [0.29, 0.717) is 6.54 Å². The van der Waals surface area contributed by atoms with E-state index in [1.807, 2.05) is 20.8 Å². The van der Waals surface area contributed by atoms with Crippen LogP contribution in [0.2, 0.25) is 0 Å². The first-order valence-electron chi connectivity index (χ1n) is 5.47. The van der Waals surface area contributed by atoms with Gasteiger partial charge in [0.25, 0.3) is 0 Å². The zero-order chi connectivity index (χ0) is 11.1. The number of ether oxygens (including phenoxy) is 2. The Morgan fingerprint density at radius 1 is 1.47 bits per heavy atom. The Morgan fingerprint density at radius 3 is 2.47 bits per heavy atom. The Bertz CT molecular complexity index is 257. The topological polar surface area (TPSA) is 38.8 Å². The van der Waals surface area contributed by atoms with Crippen LogP contribution in [0.1, 0.15) is 27.2 Å². The van der Waals surface area contributed by atoms with Crippen molar-refractivity contribution in [2.24, 2.45) is 0 Å². The Balaban J connectivity index is 1.68. The Morgan fingerprint density at radius 2 is 2.07 bits per heavy atom. The molecule has 2 heterocycles. The third-order valence-electron chi connectivity index (χ3n) is 2.76. The van der Waals surface area contributed by atoms with Gasteiger partial charge in [-0.1, -0.05) is 0 Å². The molecule has 0 bridgehead atoms. The van der Waals surface area contributed by atoms with Crippen molar-refractivity contribution in [2.75, 3.05) is 26.2 Å². The van der Waals surface area contributed by atoms with Gasteiger partial charge in [0.15, 0.2) is 0 Å². The number of esters is 1. The highest BCUT2D eigenvalue weighted by molar-refractivity contribution is 5.72. The SMILES string of the molecule is CC(C)(C)OC(=O)CN1CC2(CCO2)C1. The van der Waals surface area contributed by atoms with Crippen LogP contribution in [-0.4, -0.2) is 48.3 Å². The van der Waals surface area contributed by atoms with E-state index in [4.69, 9.17) is 9.47 Å². The van der Waals surface area contributed by atoms with Gasteiger partial charge in [-0.05, 0) is 20.8 Å². The van der Waals surface area contributed by atoms with Gasteiger partial charge < -0.3 is 9.47 Å². The maximum Gasteiger partial charge on any atom is 0.320 e. The molecule has 2 aliphatic heterocycles. The van der Waals surface area contributed by atoms with Gasteiger partial charge in [0.1, 0.15) is 5.60 Å². The van der Waals surface area contributed by atoms with Crippen LogP contribution >= 0.6 is 0 Å². The molecule has 4 heteroatoms. The van der Waals surface area contributed by atoms with Crippen LogP contribution < -0.4 is 0 Å². The fourth-order valence-electron chi connectivity index (χ4n) is 2.08. The first-order chi connectivity index (χ1) is 6.89. The van der Waals surface area contributed by atoms with E-state index in [1.165, 1.54) is 0 Å². The van der Waals surface area contributed by atoms with Crippen molar-refractivity contribution in [1.82, 2.24) is 4.90 Å². The summed E-state index contributed by atoms with van der Waals surface area (Å²) in [6.45, 7) is 8.69. The summed E-state index contributed by atoms with van der Waals surface area (Å²) in [5.74, 6) is -0.142. The molecule has 15 heavy (non-hydrogen) atoms. The van der Waals surface area contributed by atoms with Crippen LogP contribution in [0.25, 0.3) is 0 Å². The average Bonchev–Trinajstić information content (AvgIpc) is 1.87. The molecule has 0 aromatic carbocycles. The lowest BCUT2D eigenvalue weighted by molar-refractivity contribution is -0.223. The fourth-order valence-corrected chi connectivity index (χ4v) is 2.08. The van der Waals surface area contributed by atoms with Crippen LogP contribution in [0.5, 0.6) is 0 Å². The Labute approximate surface area is 90.5 Å². The summed E-state index contributed by atoms with van der Waals surface area (Å²) in [7, 11) is 0. The molecule has 2 fully saturated rings. The highest BCUT2D eigenvalue weighted by atomic mass is 16.6. The van der Waals surface area contributed by atoms with E-state index in [1.54, 1.807) is 0 Å². The van der Waals surface area contributed by atoms with Crippen molar-refractivity contribution in [2.45, 2.75) is 38.4 Å². The average molecular weight is 213 g/mol. The highest BCUT2D eigenvalue weighted by Gasteiger charge is 2.49. The molecule has 1 spiro atoms. The van der Waals surface area contributed by atoms with Gasteiger partial charge in [-0.15, -0.1) is 0 Å². The Kier molecular flexibility index (Phi) is 2.51. The van der Waals surface area contributed by atoms with Crippen LogP contribution in [0, 0.1) is 0 Å². The van der Waals surface area contributed by atoms with Gasteiger partial charge in [-0.3, -0.25) is 9.69 Å². The minimum atomic E-state index is -0.382. The molecule has 2 aliphatic rings. The fraction of sp³-hybridized carbons (Fsp3) is 0.909. The van der Waals surface area contributed by atoms with E-state index >= 15 is 0 Å². The zero-order valence-electron chi connectivity index (χ0n) is 9.71. The first-order valence-corrected chi connectivity index (χ1v) is 5.47. The lowest BCUT2D eigenvalue weighted by Crippen LogP contribution is -2.68. The van der Waals surface area contributed by atoms with E-state index in [2.05, 4.69) is 4.90 Å². The minimum Gasteiger partial charge on any atom is -0.459 e. The van der Waals surface area contributed by atoms with Crippen molar-refractivity contribution < 1.29 is 14.3 Å². The van der Waals surface area contributed by atoms with Gasteiger partial charge in [0.05, 0.1) is 18.8 Å². The van der Waals surface area contributed by atoms with Gasteiger partial charge in [-0.25, -0.2) is 0 Å². The predicted molar refractivity (Wildman–Crippen MR) is 55.6 cm³/mol. The van der Waals surface area contributed by atoms with E-state index in [0.717, 1.165) is 26.1 Å². The van der Waals surface area contributed by atoms with Crippen molar-refractivity contribution in [3.8, 4) is 0 Å². The number of carbonyl (C=O) groups excluding carboxylic acids is 1. The molecule has 0 atom stereocenters. The minimum absolute atomic E-state index is 0.0992. The molecular formula is C11H19NO3. The van der Waals surface area contributed by atoms with Crippen molar-refractivity contribution >= 4 is 5.97 Å². The van der Waals surface area contributed by atoms with Gasteiger partial charge in [-0.2, -0.15) is 0 Å². The summed E-state index contributed by atoms with van der Waals surface area (Å²) in [5.41, 5.74) is -0.283. The third kappa shape index (κ3) is 2.49. The van der Waals surface area contributed by atoms with Crippen LogP contribution in [0.15, 0.2) is 0 Å². The summed E-state index contributed by atoms with van der Waals surface area (Å²) in [4.78, 5) is 13.6. The standard InChI is InChI=1S/C11H19NO3/c1-10(2,3)15-9(13)6-12-7-11(8-12)4-5-14-11/h4-8H2,1-3H3. The molecular weight excluding hydrogens is 194 g/mol. The van der Waals surface area contributed by atoms with Crippen LogP contribution in [0.4, 0.5) is 0 Å². The van der Waals surface area contributed by atoms with Crippen molar-refractivity contribution in [3.05, 3.63) is 0 Å². The lowest BCUT2D eigenvalue weighted by Gasteiger charge is -2.54. The molecule has 0 radical (unpaired) electrons. The van der Waals surface area contributed by atoms with Crippen molar-refractivity contribution in [3.63, 3.8) is 0 Å². The highest BCUT2D eigenvalue weighted by Crippen LogP contribution is 2.35. The summed E-state index contributed by atoms with van der Waals surface area (Å²) < 4.78 is 10.7. The Hall–Kier alpha value is -0.610. The quantitative estimate of drug-likeness (QED) is 0.636. The maximum atomic E-state index is 11.5. The van der Waals surface area contributed by atoms with E-state index in [-0.39, 0.29) is 17.2 Å². The summed E-state index contributed by atoms with van der Waals surface area (Å²) in [6, 6.07) is 0. The second kappa shape index (κ2) is 3.46. The molecule has 0 saturated carbocycles. The van der Waals surface area contributed by atoms with Gasteiger partial charge in [0, 0.05) is 19.5 Å². The number of hydrogen-bond acceptors (Lipinski definition) is 4. The largest absolute Gasteiger partial charge is 0.459 e. The van der Waals surface area contributed by atoms with Crippen molar-refractivity contribution in [1.29, 1.82) is 0 Å². The molecule has 86 valence electrons. The molecule has 0 aliphatic carbocycles. The summed E-state index contributed by atoms with van der Waals surface area (Å²) in [6.07, 6.45) is 1.14. The molecule has 0 aromatic heterocycles. The number of nitrogens with zero attached hydrogens (tertiary/aromatic N) is 1. The van der Waals surface area contributed by atoms with Gasteiger partial charge in [0.2, 0.25) is 0 Å². The molecule has 0 amide bonds. The first kappa shape index (κ1) is 10.9. The molecule has 0 unspecified atom stereocenters. The monoisotopic (exact) mass is 213 g/mol. The summed E-state index contributed by atoms with van der Waals surface area (Å²) >= 11 is 0. The molecule has 2 saturated heterocycles. The smallest absolute Gasteiger partial charge is 0.320 e. The summed E-state index contributed by atoms with van der Waals surface area (Å²) in [5, 5.41) is 0. The lowest BCUT2D eigenvalue weighted by atomic mass is 9.86.